The molecule has 2 N–H and O–H groups in total. The lowest BCUT2D eigenvalue weighted by Crippen LogP contribution is -2.25. The van der Waals surface area contributed by atoms with Crippen LogP contribution in [0.25, 0.3) is 22.3 Å². The van der Waals surface area contributed by atoms with Crippen molar-refractivity contribution in [3.05, 3.63) is 43.1 Å². The average molecular weight is 473 g/mol. The second kappa shape index (κ2) is 9.85. The van der Waals surface area contributed by atoms with Crippen molar-refractivity contribution in [2.75, 3.05) is 23.8 Å². The molecule has 4 heterocycles. The van der Waals surface area contributed by atoms with Gasteiger partial charge in [0.05, 0.1) is 24.4 Å². The van der Waals surface area contributed by atoms with E-state index in [4.69, 9.17) is 4.74 Å². The van der Waals surface area contributed by atoms with E-state index in [1.165, 1.54) is 6.33 Å². The molecule has 13 heteroatoms. The zero-order chi connectivity index (χ0) is 24.1. The Morgan fingerprint density at radius 2 is 1.97 bits per heavy atom. The summed E-state index contributed by atoms with van der Waals surface area (Å²) in [7, 11) is 0. The van der Waals surface area contributed by atoms with Crippen molar-refractivity contribution in [3.8, 4) is 17.1 Å². The van der Waals surface area contributed by atoms with Gasteiger partial charge in [-0.2, -0.15) is 23.3 Å². The number of aromatic nitrogens is 7. The zero-order valence-corrected chi connectivity index (χ0v) is 18.4. The van der Waals surface area contributed by atoms with Crippen LogP contribution >= 0.6 is 0 Å². The van der Waals surface area contributed by atoms with Crippen LogP contribution in [0.4, 0.5) is 24.9 Å². The third kappa shape index (κ3) is 5.85. The van der Waals surface area contributed by atoms with E-state index in [0.717, 1.165) is 0 Å². The summed E-state index contributed by atoms with van der Waals surface area (Å²) in [4.78, 5) is 21.3. The molecule has 10 nitrogen and oxygen atoms in total. The number of fused-ring (bicyclic) bond motifs is 1. The van der Waals surface area contributed by atoms with Crippen molar-refractivity contribution in [1.82, 2.24) is 34.7 Å². The van der Waals surface area contributed by atoms with E-state index in [1.807, 2.05) is 13.8 Å². The van der Waals surface area contributed by atoms with Gasteiger partial charge in [0.15, 0.2) is 5.82 Å². The number of nitrogens with zero attached hydrogens (tertiary/aromatic N) is 7. The maximum atomic E-state index is 12.9. The van der Waals surface area contributed by atoms with Gasteiger partial charge in [-0.1, -0.05) is 0 Å². The molecule has 34 heavy (non-hydrogen) atoms. The number of rotatable bonds is 9. The second-order valence-electron chi connectivity index (χ2n) is 7.41. The van der Waals surface area contributed by atoms with Gasteiger partial charge in [0.2, 0.25) is 11.8 Å². The van der Waals surface area contributed by atoms with Crippen molar-refractivity contribution in [3.63, 3.8) is 0 Å². The summed E-state index contributed by atoms with van der Waals surface area (Å²) >= 11 is 0. The largest absolute Gasteiger partial charge is 0.478 e. The summed E-state index contributed by atoms with van der Waals surface area (Å²) in [6.07, 6.45) is 0.144. The van der Waals surface area contributed by atoms with Gasteiger partial charge in [-0.05, 0) is 32.0 Å². The normalized spacial score (nSPS) is 12.5. The van der Waals surface area contributed by atoms with E-state index in [9.17, 15) is 13.2 Å². The second-order valence-corrected chi connectivity index (χ2v) is 7.41. The summed E-state index contributed by atoms with van der Waals surface area (Å²) in [5.74, 6) is 0.610. The fourth-order valence-electron chi connectivity index (χ4n) is 3.19. The smallest absolute Gasteiger partial charge is 0.405 e. The molecule has 0 radical (unpaired) electrons. The monoisotopic (exact) mass is 473 g/mol. The lowest BCUT2D eigenvalue weighted by atomic mass is 10.2. The lowest BCUT2D eigenvalue weighted by Gasteiger charge is -2.16. The van der Waals surface area contributed by atoms with Gasteiger partial charge in [0, 0.05) is 23.9 Å². The van der Waals surface area contributed by atoms with E-state index in [2.05, 4.69) is 40.7 Å². The summed E-state index contributed by atoms with van der Waals surface area (Å²) in [6.45, 7) is 3.42. The first kappa shape index (κ1) is 23.1. The maximum absolute atomic E-state index is 12.9. The first-order chi connectivity index (χ1) is 16.3. The van der Waals surface area contributed by atoms with E-state index in [-0.39, 0.29) is 23.3 Å². The number of nitrogens with one attached hydrogen (secondary N) is 2. The lowest BCUT2D eigenvalue weighted by molar-refractivity contribution is -0.115. The number of pyridine rings is 2. The Kier molecular flexibility index (Phi) is 6.70. The molecule has 0 fully saturated rings. The van der Waals surface area contributed by atoms with Crippen LogP contribution in [-0.4, -0.2) is 60.1 Å². The zero-order valence-electron chi connectivity index (χ0n) is 18.4. The van der Waals surface area contributed by atoms with Gasteiger partial charge in [0.1, 0.15) is 24.7 Å². The number of ether oxygens (including phenoxy) is 1. The molecule has 1 atom stereocenters. The highest BCUT2D eigenvalue weighted by molar-refractivity contribution is 5.88. The van der Waals surface area contributed by atoms with Gasteiger partial charge in [-0.25, -0.2) is 19.9 Å². The van der Waals surface area contributed by atoms with Crippen LogP contribution < -0.4 is 15.4 Å². The number of hydrogen-bond donors (Lipinski definition) is 2. The molecule has 0 aliphatic carbocycles. The van der Waals surface area contributed by atoms with Crippen LogP contribution in [0.5, 0.6) is 5.88 Å². The maximum Gasteiger partial charge on any atom is 0.405 e. The summed E-state index contributed by atoms with van der Waals surface area (Å²) in [5, 5.41) is 9.48. The van der Waals surface area contributed by atoms with Crippen molar-refractivity contribution in [1.29, 1.82) is 0 Å². The number of halogens is 3. The van der Waals surface area contributed by atoms with Gasteiger partial charge >= 0.3 is 6.18 Å². The van der Waals surface area contributed by atoms with Crippen LogP contribution in [0.1, 0.15) is 13.8 Å². The van der Waals surface area contributed by atoms with Crippen molar-refractivity contribution < 1.29 is 17.9 Å². The van der Waals surface area contributed by atoms with E-state index in [0.29, 0.717) is 35.8 Å². The van der Waals surface area contributed by atoms with Gasteiger partial charge in [0.25, 0.3) is 0 Å². The Morgan fingerprint density at radius 3 is 2.65 bits per heavy atom. The molecule has 4 aromatic rings. The minimum atomic E-state index is -4.43. The van der Waals surface area contributed by atoms with Crippen LogP contribution in [-0.2, 0) is 6.54 Å². The highest BCUT2D eigenvalue weighted by atomic mass is 19.4. The number of anilines is 2. The molecule has 0 saturated carbocycles. The first-order valence-electron chi connectivity index (χ1n) is 10.5. The van der Waals surface area contributed by atoms with Crippen LogP contribution in [0.15, 0.2) is 43.1 Å². The van der Waals surface area contributed by atoms with Crippen molar-refractivity contribution in [2.24, 2.45) is 0 Å². The Bertz CT molecular complexity index is 1230. The minimum Gasteiger partial charge on any atom is -0.478 e. The Hall–Kier alpha value is -4.03. The predicted octanol–water partition coefficient (Wildman–Crippen LogP) is 3.55. The number of hydrogen-bond acceptors (Lipinski definition) is 9. The minimum absolute atomic E-state index is 0.0291. The molecule has 0 aromatic carbocycles. The first-order valence-corrected chi connectivity index (χ1v) is 10.5. The predicted molar refractivity (Wildman–Crippen MR) is 119 cm³/mol. The molecule has 0 aliphatic heterocycles. The molecule has 178 valence electrons. The molecule has 4 rings (SSSR count). The molecule has 0 aliphatic rings. The van der Waals surface area contributed by atoms with Crippen LogP contribution in [0, 0.1) is 0 Å². The van der Waals surface area contributed by atoms with Crippen molar-refractivity contribution >= 4 is 22.8 Å². The van der Waals surface area contributed by atoms with E-state index >= 15 is 0 Å². The molecular weight excluding hydrogens is 451 g/mol. The number of alkyl halides is 3. The molecule has 0 unspecified atom stereocenters. The fraction of sp³-hybridized carbons (Fsp3) is 0.333. The van der Waals surface area contributed by atoms with Gasteiger partial charge < -0.3 is 15.4 Å². The molecule has 0 spiro atoms. The molecule has 0 amide bonds. The topological polar surface area (TPSA) is 116 Å². The van der Waals surface area contributed by atoms with Crippen LogP contribution in [0.3, 0.4) is 0 Å². The third-order valence-corrected chi connectivity index (χ3v) is 4.63. The Balaban J connectivity index is 1.65. The molecule has 4 aromatic heterocycles. The Morgan fingerprint density at radius 1 is 1.12 bits per heavy atom. The molecular formula is C21H22F3N9O. The standard InChI is InChI=1S/C21H22F3N9O/c1-3-34-17-7-4-14(8-26-17)15-5-6-16-18(30-15)19(27-10-21(22,23)24)32-20(31-16)29-13(2)9-33-12-25-11-28-33/h4-8,11-13H,3,9-10H2,1-2H3,(H2,27,29,31,32)/t13-/m1/s1. The molecule has 0 saturated heterocycles. The van der Waals surface area contributed by atoms with E-state index in [1.54, 1.807) is 41.5 Å². The quantitative estimate of drug-likeness (QED) is 0.376. The highest BCUT2D eigenvalue weighted by Gasteiger charge is 2.27. The van der Waals surface area contributed by atoms with Gasteiger partial charge in [-0.15, -0.1) is 0 Å². The van der Waals surface area contributed by atoms with E-state index < -0.39 is 12.7 Å². The average Bonchev–Trinajstić information content (AvgIpc) is 3.30. The third-order valence-electron chi connectivity index (χ3n) is 4.63. The van der Waals surface area contributed by atoms with Crippen LogP contribution in [0.2, 0.25) is 0 Å². The summed E-state index contributed by atoms with van der Waals surface area (Å²) in [5.41, 5.74) is 1.79. The van der Waals surface area contributed by atoms with Gasteiger partial charge in [-0.3, -0.25) is 4.68 Å². The Labute approximate surface area is 192 Å². The molecule has 0 bridgehead atoms. The highest BCUT2D eigenvalue weighted by Crippen LogP contribution is 2.27. The summed E-state index contributed by atoms with van der Waals surface area (Å²) < 4.78 is 45.8. The summed E-state index contributed by atoms with van der Waals surface area (Å²) in [6, 6.07) is 6.72. The fourth-order valence-corrected chi connectivity index (χ4v) is 3.19. The van der Waals surface area contributed by atoms with Crippen molar-refractivity contribution in [2.45, 2.75) is 32.6 Å². The SMILES string of the molecule is CCOc1ccc(-c2ccc3nc(N[C@H](C)Cn4cncn4)nc(NCC(F)(F)F)c3n2)cn1.